The smallest absolute Gasteiger partial charge is 0.261 e. The van der Waals surface area contributed by atoms with Crippen LogP contribution in [0.3, 0.4) is 0 Å². The molecule has 0 saturated carbocycles. The fourth-order valence-electron chi connectivity index (χ4n) is 2.79. The van der Waals surface area contributed by atoms with E-state index in [1.165, 1.54) is 12.1 Å². The van der Waals surface area contributed by atoms with Gasteiger partial charge in [0.15, 0.2) is 0 Å². The van der Waals surface area contributed by atoms with E-state index in [0.29, 0.717) is 16.9 Å². The molecule has 3 aromatic rings. The van der Waals surface area contributed by atoms with Crippen LogP contribution in [-0.2, 0) is 10.0 Å². The van der Waals surface area contributed by atoms with Gasteiger partial charge < -0.3 is 5.32 Å². The average Bonchev–Trinajstić information content (AvgIpc) is 2.66. The molecule has 0 heterocycles. The van der Waals surface area contributed by atoms with Crippen LogP contribution in [0.15, 0.2) is 71.6 Å². The van der Waals surface area contributed by atoms with Crippen molar-refractivity contribution in [3.05, 3.63) is 89.0 Å². The molecule has 0 fully saturated rings. The van der Waals surface area contributed by atoms with Crippen LogP contribution in [0.5, 0.6) is 0 Å². The average molecular weight is 394 g/mol. The predicted octanol–water partition coefficient (Wildman–Crippen LogP) is 4.66. The zero-order valence-electron chi connectivity index (χ0n) is 16.0. The minimum Gasteiger partial charge on any atom is -0.322 e. The van der Waals surface area contributed by atoms with Gasteiger partial charge in [-0.3, -0.25) is 9.52 Å². The fourth-order valence-corrected chi connectivity index (χ4v) is 3.92. The SMILES string of the molecule is Cc1ccc(C)c(C(=O)Nc2ccc(S(=O)(=O)Nc3ccccc3C)cc2)c1. The van der Waals surface area contributed by atoms with Crippen LogP contribution >= 0.6 is 0 Å². The van der Waals surface area contributed by atoms with Gasteiger partial charge in [0, 0.05) is 11.3 Å². The van der Waals surface area contributed by atoms with Crippen molar-refractivity contribution < 1.29 is 13.2 Å². The first-order chi connectivity index (χ1) is 13.3. The zero-order chi connectivity index (χ0) is 20.3. The van der Waals surface area contributed by atoms with Gasteiger partial charge in [0.05, 0.1) is 10.6 Å². The molecular weight excluding hydrogens is 372 g/mol. The molecule has 5 nitrogen and oxygen atoms in total. The molecule has 0 bridgehead atoms. The van der Waals surface area contributed by atoms with Crippen LogP contribution in [-0.4, -0.2) is 14.3 Å². The molecule has 0 spiro atoms. The number of anilines is 2. The largest absolute Gasteiger partial charge is 0.322 e. The maximum Gasteiger partial charge on any atom is 0.261 e. The lowest BCUT2D eigenvalue weighted by Crippen LogP contribution is -2.15. The van der Waals surface area contributed by atoms with Crippen LogP contribution < -0.4 is 10.0 Å². The Kier molecular flexibility index (Phi) is 5.51. The van der Waals surface area contributed by atoms with Crippen molar-refractivity contribution in [2.45, 2.75) is 25.7 Å². The molecule has 1 amide bonds. The van der Waals surface area contributed by atoms with Crippen molar-refractivity contribution in [3.63, 3.8) is 0 Å². The third-order valence-electron chi connectivity index (χ3n) is 4.45. The van der Waals surface area contributed by atoms with Crippen LogP contribution in [0.2, 0.25) is 0 Å². The van der Waals surface area contributed by atoms with E-state index >= 15 is 0 Å². The van der Waals surface area contributed by atoms with E-state index in [-0.39, 0.29) is 10.8 Å². The van der Waals surface area contributed by atoms with Gasteiger partial charge in [-0.2, -0.15) is 0 Å². The third-order valence-corrected chi connectivity index (χ3v) is 5.83. The Bertz CT molecular complexity index is 1120. The Balaban J connectivity index is 1.77. The monoisotopic (exact) mass is 394 g/mol. The maximum absolute atomic E-state index is 12.6. The molecule has 0 aliphatic heterocycles. The highest BCUT2D eigenvalue weighted by atomic mass is 32.2. The molecular formula is C22H22N2O3S. The molecule has 0 unspecified atom stereocenters. The molecule has 0 radical (unpaired) electrons. The van der Waals surface area contributed by atoms with Gasteiger partial charge in [-0.1, -0.05) is 35.9 Å². The van der Waals surface area contributed by atoms with E-state index in [4.69, 9.17) is 0 Å². The molecule has 0 aromatic heterocycles. The summed E-state index contributed by atoms with van der Waals surface area (Å²) < 4.78 is 27.8. The summed E-state index contributed by atoms with van der Waals surface area (Å²) in [5.74, 6) is -0.227. The molecule has 0 aliphatic carbocycles. The number of nitrogens with one attached hydrogen (secondary N) is 2. The standard InChI is InChI=1S/C22H22N2O3S/c1-15-8-9-16(2)20(14-15)22(25)23-18-10-12-19(13-11-18)28(26,27)24-21-7-5-4-6-17(21)3/h4-14,24H,1-3H3,(H,23,25). The van der Waals surface area contributed by atoms with Gasteiger partial charge in [0.25, 0.3) is 15.9 Å². The molecule has 3 aromatic carbocycles. The summed E-state index contributed by atoms with van der Waals surface area (Å²) in [6.45, 7) is 5.64. The van der Waals surface area contributed by atoms with Crippen LogP contribution in [0, 0.1) is 20.8 Å². The Labute approximate surface area is 165 Å². The molecule has 3 rings (SSSR count). The lowest BCUT2D eigenvalue weighted by molar-refractivity contribution is 0.102. The van der Waals surface area contributed by atoms with Crippen LogP contribution in [0.4, 0.5) is 11.4 Å². The quantitative estimate of drug-likeness (QED) is 0.661. The highest BCUT2D eigenvalue weighted by molar-refractivity contribution is 7.92. The number of rotatable bonds is 5. The van der Waals surface area contributed by atoms with Crippen molar-refractivity contribution in [1.29, 1.82) is 0 Å². The normalized spacial score (nSPS) is 11.1. The van der Waals surface area contributed by atoms with E-state index in [1.54, 1.807) is 24.3 Å². The van der Waals surface area contributed by atoms with E-state index in [2.05, 4.69) is 10.0 Å². The van der Waals surface area contributed by atoms with Crippen molar-refractivity contribution in [3.8, 4) is 0 Å². The van der Waals surface area contributed by atoms with Gasteiger partial charge in [0.2, 0.25) is 0 Å². The van der Waals surface area contributed by atoms with E-state index in [0.717, 1.165) is 16.7 Å². The minimum atomic E-state index is -3.71. The highest BCUT2D eigenvalue weighted by Gasteiger charge is 2.16. The minimum absolute atomic E-state index is 0.125. The van der Waals surface area contributed by atoms with Crippen molar-refractivity contribution >= 4 is 27.3 Å². The Hall–Kier alpha value is -3.12. The Morgan fingerprint density at radius 2 is 1.50 bits per heavy atom. The molecule has 2 N–H and O–H groups in total. The molecule has 0 atom stereocenters. The zero-order valence-corrected chi connectivity index (χ0v) is 16.8. The summed E-state index contributed by atoms with van der Waals surface area (Å²) in [4.78, 5) is 12.6. The number of sulfonamides is 1. The second-order valence-corrected chi connectivity index (χ2v) is 8.40. The summed E-state index contributed by atoms with van der Waals surface area (Å²) >= 11 is 0. The lowest BCUT2D eigenvalue weighted by atomic mass is 10.1. The number of carbonyl (C=O) groups is 1. The number of amides is 1. The number of hydrogen-bond donors (Lipinski definition) is 2. The fraction of sp³-hybridized carbons (Fsp3) is 0.136. The first-order valence-corrected chi connectivity index (χ1v) is 10.3. The summed E-state index contributed by atoms with van der Waals surface area (Å²) in [5, 5.41) is 2.81. The van der Waals surface area contributed by atoms with E-state index in [1.807, 2.05) is 51.1 Å². The number of hydrogen-bond acceptors (Lipinski definition) is 3. The first kappa shape index (κ1) is 19.6. The third kappa shape index (κ3) is 4.40. The van der Waals surface area contributed by atoms with E-state index < -0.39 is 10.0 Å². The molecule has 0 aliphatic rings. The topological polar surface area (TPSA) is 75.3 Å². The second kappa shape index (κ2) is 7.86. The van der Waals surface area contributed by atoms with Gasteiger partial charge in [-0.15, -0.1) is 0 Å². The van der Waals surface area contributed by atoms with Crippen LogP contribution in [0.1, 0.15) is 27.0 Å². The molecule has 28 heavy (non-hydrogen) atoms. The van der Waals surface area contributed by atoms with Gasteiger partial charge in [0.1, 0.15) is 0 Å². The lowest BCUT2D eigenvalue weighted by Gasteiger charge is -2.12. The first-order valence-electron chi connectivity index (χ1n) is 8.83. The number of aryl methyl sites for hydroxylation is 3. The molecule has 6 heteroatoms. The maximum atomic E-state index is 12.6. The van der Waals surface area contributed by atoms with Crippen molar-refractivity contribution in [2.24, 2.45) is 0 Å². The van der Waals surface area contributed by atoms with Crippen LogP contribution in [0.25, 0.3) is 0 Å². The Morgan fingerprint density at radius 1 is 0.821 bits per heavy atom. The Morgan fingerprint density at radius 3 is 2.18 bits per heavy atom. The van der Waals surface area contributed by atoms with Gasteiger partial charge >= 0.3 is 0 Å². The second-order valence-electron chi connectivity index (χ2n) is 6.72. The summed E-state index contributed by atoms with van der Waals surface area (Å²) in [6.07, 6.45) is 0. The van der Waals surface area contributed by atoms with Crippen molar-refractivity contribution in [1.82, 2.24) is 0 Å². The molecule has 0 saturated heterocycles. The predicted molar refractivity (Wildman–Crippen MR) is 112 cm³/mol. The number of para-hydroxylation sites is 1. The number of carbonyl (C=O) groups excluding carboxylic acids is 1. The van der Waals surface area contributed by atoms with Crippen molar-refractivity contribution in [2.75, 3.05) is 10.0 Å². The van der Waals surface area contributed by atoms with Gasteiger partial charge in [-0.05, 0) is 68.3 Å². The van der Waals surface area contributed by atoms with Gasteiger partial charge in [-0.25, -0.2) is 8.42 Å². The van der Waals surface area contributed by atoms with E-state index in [9.17, 15) is 13.2 Å². The number of benzene rings is 3. The summed E-state index contributed by atoms with van der Waals surface area (Å²) in [6, 6.07) is 19.0. The molecule has 144 valence electrons. The summed E-state index contributed by atoms with van der Waals surface area (Å²) in [5.41, 5.74) is 4.38. The summed E-state index contributed by atoms with van der Waals surface area (Å²) in [7, 11) is -3.71. The highest BCUT2D eigenvalue weighted by Crippen LogP contribution is 2.21.